The van der Waals surface area contributed by atoms with E-state index in [9.17, 15) is 4.79 Å². The molecule has 1 aliphatic rings. The first-order valence-corrected chi connectivity index (χ1v) is 8.99. The van der Waals surface area contributed by atoms with Gasteiger partial charge in [0.25, 0.3) is 0 Å². The number of amides is 2. The van der Waals surface area contributed by atoms with Gasteiger partial charge in [0.15, 0.2) is 0 Å². The first-order valence-electron chi connectivity index (χ1n) is 7.06. The molecule has 0 unspecified atom stereocenters. The van der Waals surface area contributed by atoms with Crippen LogP contribution in [0.25, 0.3) is 0 Å². The maximum atomic E-state index is 12.3. The van der Waals surface area contributed by atoms with E-state index in [0.29, 0.717) is 11.2 Å². The van der Waals surface area contributed by atoms with Crippen molar-refractivity contribution in [1.29, 1.82) is 0 Å². The third-order valence-electron chi connectivity index (χ3n) is 3.54. The van der Waals surface area contributed by atoms with Gasteiger partial charge in [-0.3, -0.25) is 0 Å². The average molecular weight is 313 g/mol. The number of carbonyl (C=O) groups is 1. The van der Waals surface area contributed by atoms with Gasteiger partial charge in [-0.25, -0.2) is 9.78 Å². The van der Waals surface area contributed by atoms with E-state index in [1.807, 2.05) is 35.9 Å². The minimum absolute atomic E-state index is 0.0282. The van der Waals surface area contributed by atoms with Gasteiger partial charge in [0.05, 0.1) is 16.7 Å². The van der Waals surface area contributed by atoms with Gasteiger partial charge in [-0.05, 0) is 19.8 Å². The van der Waals surface area contributed by atoms with Crippen LogP contribution in [0.15, 0.2) is 5.38 Å². The molecule has 1 aromatic heterocycles. The number of carbonyl (C=O) groups excluding carboxylic acids is 1. The molecule has 20 heavy (non-hydrogen) atoms. The number of thiazole rings is 1. The summed E-state index contributed by atoms with van der Waals surface area (Å²) < 4.78 is 0. The molecule has 0 saturated carbocycles. The van der Waals surface area contributed by atoms with Gasteiger partial charge in [0, 0.05) is 29.5 Å². The van der Waals surface area contributed by atoms with Crippen molar-refractivity contribution in [3.63, 3.8) is 0 Å². The largest absolute Gasteiger partial charge is 0.330 e. The molecular formula is C14H23N3OS2. The fourth-order valence-corrected chi connectivity index (χ4v) is 4.20. The maximum absolute atomic E-state index is 12.3. The second-order valence-electron chi connectivity index (χ2n) is 5.56. The molecular weight excluding hydrogens is 290 g/mol. The van der Waals surface area contributed by atoms with Crippen LogP contribution in [0.2, 0.25) is 0 Å². The van der Waals surface area contributed by atoms with E-state index >= 15 is 0 Å². The smallest absolute Gasteiger partial charge is 0.317 e. The van der Waals surface area contributed by atoms with Crippen molar-refractivity contribution in [3.05, 3.63) is 16.1 Å². The predicted octanol–water partition coefficient (Wildman–Crippen LogP) is 3.30. The lowest BCUT2D eigenvalue weighted by atomic mass is 10.1. The minimum atomic E-state index is -0.0282. The molecule has 6 heteroatoms. The van der Waals surface area contributed by atoms with Crippen molar-refractivity contribution in [3.8, 4) is 0 Å². The van der Waals surface area contributed by atoms with Crippen LogP contribution in [-0.2, 0) is 0 Å². The highest BCUT2D eigenvalue weighted by atomic mass is 32.2. The van der Waals surface area contributed by atoms with Crippen molar-refractivity contribution in [1.82, 2.24) is 15.2 Å². The Morgan fingerprint density at radius 1 is 1.50 bits per heavy atom. The number of nitrogens with zero attached hydrogens (tertiary/aromatic N) is 2. The number of aromatic nitrogens is 1. The molecule has 2 amide bonds. The van der Waals surface area contributed by atoms with Crippen molar-refractivity contribution < 1.29 is 4.79 Å². The molecule has 1 aliphatic heterocycles. The third kappa shape index (κ3) is 3.88. The molecule has 2 rings (SSSR count). The van der Waals surface area contributed by atoms with Crippen LogP contribution in [0.5, 0.6) is 0 Å². The van der Waals surface area contributed by atoms with Crippen LogP contribution < -0.4 is 5.32 Å². The fraction of sp³-hybridized carbons (Fsp3) is 0.714. The molecule has 1 saturated heterocycles. The molecule has 0 bridgehead atoms. The van der Waals surface area contributed by atoms with Crippen molar-refractivity contribution >= 4 is 29.1 Å². The maximum Gasteiger partial charge on any atom is 0.317 e. The quantitative estimate of drug-likeness (QED) is 0.931. The van der Waals surface area contributed by atoms with Gasteiger partial charge < -0.3 is 10.2 Å². The monoisotopic (exact) mass is 313 g/mol. The van der Waals surface area contributed by atoms with Crippen LogP contribution in [0.4, 0.5) is 4.79 Å². The summed E-state index contributed by atoms with van der Waals surface area (Å²) in [5.41, 5.74) is 0.952. The van der Waals surface area contributed by atoms with Crippen LogP contribution in [0, 0.1) is 12.8 Å². The number of hydrogen-bond acceptors (Lipinski definition) is 4. The molecule has 112 valence electrons. The molecule has 0 radical (unpaired) electrons. The molecule has 1 aromatic rings. The SMILES string of the molecule is Cc1nc([C@@H](C)NC(=O)N2CCS[C@@H](C(C)C)C2)cs1. The van der Waals surface area contributed by atoms with E-state index in [0.717, 1.165) is 29.5 Å². The number of hydrogen-bond donors (Lipinski definition) is 1. The summed E-state index contributed by atoms with van der Waals surface area (Å²) in [5.74, 6) is 1.63. The second-order valence-corrected chi connectivity index (χ2v) is 7.97. The highest BCUT2D eigenvalue weighted by molar-refractivity contribution is 8.00. The van der Waals surface area contributed by atoms with Crippen LogP contribution in [0.3, 0.4) is 0 Å². The summed E-state index contributed by atoms with van der Waals surface area (Å²) in [6, 6.07) is 0.00799. The summed E-state index contributed by atoms with van der Waals surface area (Å²) in [5, 5.41) is 6.66. The molecule has 0 aromatic carbocycles. The van der Waals surface area contributed by atoms with Gasteiger partial charge in [0.1, 0.15) is 0 Å². The topological polar surface area (TPSA) is 45.2 Å². The van der Waals surface area contributed by atoms with Crippen LogP contribution in [-0.4, -0.2) is 40.0 Å². The first kappa shape index (κ1) is 15.6. The number of thioether (sulfide) groups is 1. The van der Waals surface area contributed by atoms with Crippen LogP contribution in [0.1, 0.15) is 37.5 Å². The molecule has 2 atom stereocenters. The zero-order valence-corrected chi connectivity index (χ0v) is 14.2. The van der Waals surface area contributed by atoms with Gasteiger partial charge >= 0.3 is 6.03 Å². The second kappa shape index (κ2) is 6.80. The number of nitrogens with one attached hydrogen (secondary N) is 1. The lowest BCUT2D eigenvalue weighted by molar-refractivity contribution is 0.193. The van der Waals surface area contributed by atoms with E-state index in [1.54, 1.807) is 11.3 Å². The van der Waals surface area contributed by atoms with E-state index in [-0.39, 0.29) is 12.1 Å². The van der Waals surface area contributed by atoms with E-state index < -0.39 is 0 Å². The van der Waals surface area contributed by atoms with Crippen molar-refractivity contribution in [2.75, 3.05) is 18.8 Å². The van der Waals surface area contributed by atoms with Gasteiger partial charge in [-0.15, -0.1) is 11.3 Å². The Morgan fingerprint density at radius 3 is 2.85 bits per heavy atom. The Balaban J connectivity index is 1.91. The van der Waals surface area contributed by atoms with E-state index in [2.05, 4.69) is 24.1 Å². The highest BCUT2D eigenvalue weighted by Crippen LogP contribution is 2.25. The molecule has 4 nitrogen and oxygen atoms in total. The zero-order chi connectivity index (χ0) is 14.7. The minimum Gasteiger partial charge on any atom is -0.330 e. The Kier molecular flexibility index (Phi) is 5.32. The Bertz CT molecular complexity index is 461. The normalized spacial score (nSPS) is 21.1. The fourth-order valence-electron chi connectivity index (χ4n) is 2.19. The Morgan fingerprint density at radius 2 is 2.25 bits per heavy atom. The summed E-state index contributed by atoms with van der Waals surface area (Å²) in [6.07, 6.45) is 0. The van der Waals surface area contributed by atoms with Crippen LogP contribution >= 0.6 is 23.1 Å². The third-order valence-corrected chi connectivity index (χ3v) is 5.88. The first-order chi connectivity index (χ1) is 9.47. The van der Waals surface area contributed by atoms with Crippen molar-refractivity contribution in [2.24, 2.45) is 5.92 Å². The van der Waals surface area contributed by atoms with E-state index in [1.165, 1.54) is 0 Å². The zero-order valence-electron chi connectivity index (χ0n) is 12.5. The number of rotatable bonds is 3. The van der Waals surface area contributed by atoms with Gasteiger partial charge in [-0.2, -0.15) is 11.8 Å². The Hall–Kier alpha value is -0.750. The lowest BCUT2D eigenvalue weighted by Gasteiger charge is -2.34. The standard InChI is InChI=1S/C14H23N3OS2/c1-9(2)13-7-17(5-6-19-13)14(18)15-10(3)12-8-20-11(4)16-12/h8-10,13H,5-7H2,1-4H3,(H,15,18)/t10-,13-/m1/s1. The highest BCUT2D eigenvalue weighted by Gasteiger charge is 2.26. The Labute approximate surface area is 129 Å². The average Bonchev–Trinajstić information content (AvgIpc) is 2.85. The van der Waals surface area contributed by atoms with Gasteiger partial charge in [-0.1, -0.05) is 13.8 Å². The molecule has 2 heterocycles. The predicted molar refractivity (Wildman–Crippen MR) is 86.5 cm³/mol. The molecule has 1 fully saturated rings. The lowest BCUT2D eigenvalue weighted by Crippen LogP contribution is -2.48. The number of urea groups is 1. The van der Waals surface area contributed by atoms with E-state index in [4.69, 9.17) is 0 Å². The molecule has 0 spiro atoms. The summed E-state index contributed by atoms with van der Waals surface area (Å²) in [7, 11) is 0. The summed E-state index contributed by atoms with van der Waals surface area (Å²) in [4.78, 5) is 18.7. The van der Waals surface area contributed by atoms with Gasteiger partial charge in [0.2, 0.25) is 0 Å². The van der Waals surface area contributed by atoms with Crippen molar-refractivity contribution in [2.45, 2.75) is 39.0 Å². The molecule has 0 aliphatic carbocycles. The number of aryl methyl sites for hydroxylation is 1. The molecule has 1 N–H and O–H groups in total. The summed E-state index contributed by atoms with van der Waals surface area (Å²) in [6.45, 7) is 10.1. The summed E-state index contributed by atoms with van der Waals surface area (Å²) >= 11 is 3.60.